The van der Waals surface area contributed by atoms with E-state index in [1.165, 1.54) is 0 Å². The molecule has 9 nitrogen and oxygen atoms in total. The Kier molecular flexibility index (Phi) is 6.26. The van der Waals surface area contributed by atoms with Gasteiger partial charge in [0.2, 0.25) is 0 Å². The number of amides is 1. The molecule has 0 saturated carbocycles. The van der Waals surface area contributed by atoms with Gasteiger partial charge in [0.1, 0.15) is 35.3 Å². The lowest BCUT2D eigenvalue weighted by atomic mass is 10.2. The molecule has 4 aromatic rings. The second kappa shape index (κ2) is 9.61. The van der Waals surface area contributed by atoms with Crippen molar-refractivity contribution in [3.8, 4) is 17.3 Å². The maximum atomic E-state index is 12.2. The Hall–Kier alpha value is -4.40. The Morgan fingerprint density at radius 1 is 1.03 bits per heavy atom. The average molecular weight is 430 g/mol. The van der Waals surface area contributed by atoms with Crippen LogP contribution in [0.3, 0.4) is 0 Å². The highest BCUT2D eigenvalue weighted by Crippen LogP contribution is 2.20. The van der Waals surface area contributed by atoms with Gasteiger partial charge in [-0.25, -0.2) is 15.0 Å². The SMILES string of the molecule is COc1cccc(OCC(=O)Nc2ccc(Nc3cc(-n4ccnc4)nc(C)n3)cc2)c1. The molecule has 0 aliphatic heterocycles. The highest BCUT2D eigenvalue weighted by Gasteiger charge is 2.07. The van der Waals surface area contributed by atoms with E-state index in [0.717, 1.165) is 11.5 Å². The normalized spacial score (nSPS) is 10.4. The number of rotatable bonds is 8. The van der Waals surface area contributed by atoms with E-state index >= 15 is 0 Å². The molecule has 0 radical (unpaired) electrons. The van der Waals surface area contributed by atoms with E-state index in [1.54, 1.807) is 50.0 Å². The van der Waals surface area contributed by atoms with Gasteiger partial charge in [0.15, 0.2) is 6.61 Å². The number of methoxy groups -OCH3 is 1. The van der Waals surface area contributed by atoms with Gasteiger partial charge in [-0.15, -0.1) is 0 Å². The predicted octanol–water partition coefficient (Wildman–Crippen LogP) is 3.74. The first-order valence-corrected chi connectivity index (χ1v) is 9.87. The number of nitrogens with one attached hydrogen (secondary N) is 2. The lowest BCUT2D eigenvalue weighted by Gasteiger charge is -2.11. The number of carbonyl (C=O) groups is 1. The minimum atomic E-state index is -0.259. The summed E-state index contributed by atoms with van der Waals surface area (Å²) in [6.45, 7) is 1.72. The Morgan fingerprint density at radius 3 is 2.56 bits per heavy atom. The summed E-state index contributed by atoms with van der Waals surface area (Å²) in [5, 5.41) is 6.06. The molecule has 32 heavy (non-hydrogen) atoms. The summed E-state index contributed by atoms with van der Waals surface area (Å²) in [5.41, 5.74) is 1.48. The fourth-order valence-electron chi connectivity index (χ4n) is 2.96. The van der Waals surface area contributed by atoms with Gasteiger partial charge in [-0.05, 0) is 43.3 Å². The van der Waals surface area contributed by atoms with Gasteiger partial charge in [0.25, 0.3) is 5.91 Å². The molecule has 0 unspecified atom stereocenters. The van der Waals surface area contributed by atoms with Crippen LogP contribution in [-0.4, -0.2) is 39.1 Å². The van der Waals surface area contributed by atoms with E-state index in [9.17, 15) is 4.79 Å². The molecular weight excluding hydrogens is 408 g/mol. The second-order valence-corrected chi connectivity index (χ2v) is 6.85. The molecule has 0 aliphatic rings. The lowest BCUT2D eigenvalue weighted by Crippen LogP contribution is -2.20. The van der Waals surface area contributed by atoms with Crippen LogP contribution in [0.2, 0.25) is 0 Å². The summed E-state index contributed by atoms with van der Waals surface area (Å²) in [6.07, 6.45) is 5.20. The van der Waals surface area contributed by atoms with Crippen molar-refractivity contribution in [2.24, 2.45) is 0 Å². The van der Waals surface area contributed by atoms with Crippen molar-refractivity contribution in [3.63, 3.8) is 0 Å². The summed E-state index contributed by atoms with van der Waals surface area (Å²) in [4.78, 5) is 25.1. The molecule has 0 fully saturated rings. The molecule has 2 aromatic carbocycles. The smallest absolute Gasteiger partial charge is 0.262 e. The Bertz CT molecular complexity index is 1190. The minimum Gasteiger partial charge on any atom is -0.497 e. The van der Waals surface area contributed by atoms with Gasteiger partial charge in [-0.2, -0.15) is 0 Å². The number of nitrogens with zero attached hydrogens (tertiary/aromatic N) is 4. The third-order valence-electron chi connectivity index (χ3n) is 4.45. The van der Waals surface area contributed by atoms with Crippen molar-refractivity contribution in [2.45, 2.75) is 6.92 Å². The monoisotopic (exact) mass is 430 g/mol. The van der Waals surface area contributed by atoms with Gasteiger partial charge in [0, 0.05) is 35.9 Å². The van der Waals surface area contributed by atoms with E-state index in [1.807, 2.05) is 42.0 Å². The molecule has 2 aromatic heterocycles. The number of aromatic nitrogens is 4. The molecule has 9 heteroatoms. The second-order valence-electron chi connectivity index (χ2n) is 6.85. The molecular formula is C23H22N6O3. The van der Waals surface area contributed by atoms with Crippen LogP contribution in [0.5, 0.6) is 11.5 Å². The van der Waals surface area contributed by atoms with Crippen LogP contribution in [0.25, 0.3) is 5.82 Å². The van der Waals surface area contributed by atoms with Crippen LogP contribution < -0.4 is 20.1 Å². The standard InChI is InChI=1S/C23H22N6O3/c1-16-25-21(13-22(26-16)29-11-10-24-15-29)27-17-6-8-18(9-7-17)28-23(30)14-32-20-5-3-4-19(12-20)31-2/h3-13,15H,14H2,1-2H3,(H,28,30)(H,25,26,27). The number of ether oxygens (including phenoxy) is 2. The van der Waals surface area contributed by atoms with E-state index in [4.69, 9.17) is 9.47 Å². The van der Waals surface area contributed by atoms with Crippen LogP contribution in [0.15, 0.2) is 73.3 Å². The largest absolute Gasteiger partial charge is 0.497 e. The van der Waals surface area contributed by atoms with Gasteiger partial charge < -0.3 is 20.1 Å². The van der Waals surface area contributed by atoms with Crippen molar-refractivity contribution >= 4 is 23.1 Å². The maximum absolute atomic E-state index is 12.2. The van der Waals surface area contributed by atoms with E-state index < -0.39 is 0 Å². The highest BCUT2D eigenvalue weighted by atomic mass is 16.5. The molecule has 2 N–H and O–H groups in total. The summed E-state index contributed by atoms with van der Waals surface area (Å²) in [7, 11) is 1.58. The number of anilines is 3. The highest BCUT2D eigenvalue weighted by molar-refractivity contribution is 5.92. The van der Waals surface area contributed by atoms with Crippen LogP contribution in [-0.2, 0) is 4.79 Å². The molecule has 0 spiro atoms. The topological polar surface area (TPSA) is 103 Å². The average Bonchev–Trinajstić information content (AvgIpc) is 3.34. The number of imidazole rings is 1. The Labute approximate surface area is 185 Å². The van der Waals surface area contributed by atoms with Crippen LogP contribution >= 0.6 is 0 Å². The van der Waals surface area contributed by atoms with Crippen molar-refractivity contribution in [1.82, 2.24) is 19.5 Å². The Morgan fingerprint density at radius 2 is 1.81 bits per heavy atom. The fourth-order valence-corrected chi connectivity index (χ4v) is 2.96. The van der Waals surface area contributed by atoms with E-state index in [0.29, 0.717) is 28.8 Å². The number of hydrogen-bond donors (Lipinski definition) is 2. The number of carbonyl (C=O) groups excluding carboxylic acids is 1. The summed E-state index contributed by atoms with van der Waals surface area (Å²) < 4.78 is 12.5. The predicted molar refractivity (Wildman–Crippen MR) is 121 cm³/mol. The van der Waals surface area contributed by atoms with Crippen molar-refractivity contribution < 1.29 is 14.3 Å². The molecule has 0 aliphatic carbocycles. The fraction of sp³-hybridized carbons (Fsp3) is 0.130. The molecule has 0 bridgehead atoms. The molecule has 0 saturated heterocycles. The molecule has 4 rings (SSSR count). The quantitative estimate of drug-likeness (QED) is 0.439. The zero-order valence-electron chi connectivity index (χ0n) is 17.6. The Balaban J connectivity index is 1.34. The third kappa shape index (κ3) is 5.39. The third-order valence-corrected chi connectivity index (χ3v) is 4.45. The lowest BCUT2D eigenvalue weighted by molar-refractivity contribution is -0.118. The zero-order valence-corrected chi connectivity index (χ0v) is 17.6. The molecule has 2 heterocycles. The van der Waals surface area contributed by atoms with Crippen LogP contribution in [0.4, 0.5) is 17.2 Å². The number of aryl methyl sites for hydroxylation is 1. The van der Waals surface area contributed by atoms with Gasteiger partial charge >= 0.3 is 0 Å². The molecule has 162 valence electrons. The first-order valence-electron chi connectivity index (χ1n) is 9.87. The van der Waals surface area contributed by atoms with E-state index in [-0.39, 0.29) is 12.5 Å². The minimum absolute atomic E-state index is 0.107. The molecule has 0 atom stereocenters. The molecule has 1 amide bonds. The summed E-state index contributed by atoms with van der Waals surface area (Å²) >= 11 is 0. The maximum Gasteiger partial charge on any atom is 0.262 e. The van der Waals surface area contributed by atoms with Gasteiger partial charge in [-0.3, -0.25) is 9.36 Å². The number of hydrogen-bond acceptors (Lipinski definition) is 7. The summed E-state index contributed by atoms with van der Waals surface area (Å²) in [5.74, 6) is 2.99. The van der Waals surface area contributed by atoms with Crippen molar-refractivity contribution in [1.29, 1.82) is 0 Å². The first kappa shape index (κ1) is 20.9. The first-order chi connectivity index (χ1) is 15.6. The number of benzene rings is 2. The van der Waals surface area contributed by atoms with Crippen LogP contribution in [0, 0.1) is 6.92 Å². The zero-order chi connectivity index (χ0) is 22.3. The summed E-state index contributed by atoms with van der Waals surface area (Å²) in [6, 6.07) is 16.2. The van der Waals surface area contributed by atoms with Crippen molar-refractivity contribution in [3.05, 3.63) is 79.1 Å². The van der Waals surface area contributed by atoms with E-state index in [2.05, 4.69) is 25.6 Å². The van der Waals surface area contributed by atoms with Gasteiger partial charge in [-0.1, -0.05) is 6.07 Å². The van der Waals surface area contributed by atoms with Gasteiger partial charge in [0.05, 0.1) is 7.11 Å². The van der Waals surface area contributed by atoms with Crippen LogP contribution in [0.1, 0.15) is 5.82 Å². The van der Waals surface area contributed by atoms with Crippen molar-refractivity contribution in [2.75, 3.05) is 24.4 Å².